The zero-order valence-corrected chi connectivity index (χ0v) is 10.3. The predicted octanol–water partition coefficient (Wildman–Crippen LogP) is 2.72. The Morgan fingerprint density at radius 1 is 1.50 bits per heavy atom. The Morgan fingerprint density at radius 2 is 2.14 bits per heavy atom. The molecular weight excluding hydrogens is 192 g/mol. The summed E-state index contributed by atoms with van der Waals surface area (Å²) in [6.45, 7) is 8.62. The molecule has 0 fully saturated rings. The third-order valence-electron chi connectivity index (χ3n) is 2.13. The van der Waals surface area contributed by atoms with E-state index in [1.165, 1.54) is 10.7 Å². The van der Waals surface area contributed by atoms with Crippen LogP contribution in [0, 0.1) is 0 Å². The summed E-state index contributed by atoms with van der Waals surface area (Å²) < 4.78 is 0. The van der Waals surface area contributed by atoms with Crippen molar-refractivity contribution in [2.75, 3.05) is 0 Å². The van der Waals surface area contributed by atoms with Gasteiger partial charge in [0.1, 0.15) is 0 Å². The van der Waals surface area contributed by atoms with Crippen molar-refractivity contribution in [1.29, 1.82) is 0 Å². The van der Waals surface area contributed by atoms with Crippen LogP contribution >= 0.6 is 11.3 Å². The maximum absolute atomic E-state index is 5.71. The number of aromatic nitrogens is 1. The van der Waals surface area contributed by atoms with Crippen molar-refractivity contribution in [2.24, 2.45) is 5.73 Å². The van der Waals surface area contributed by atoms with Gasteiger partial charge in [-0.1, -0.05) is 20.8 Å². The topological polar surface area (TPSA) is 38.9 Å². The highest BCUT2D eigenvalue weighted by atomic mass is 32.1. The second-order valence-electron chi connectivity index (χ2n) is 4.89. The summed E-state index contributed by atoms with van der Waals surface area (Å²) in [4.78, 5) is 4.62. The molecule has 0 radical (unpaired) electrons. The fourth-order valence-electron chi connectivity index (χ4n) is 1.12. The van der Waals surface area contributed by atoms with Gasteiger partial charge in [-0.25, -0.2) is 4.98 Å². The first-order chi connectivity index (χ1) is 6.39. The Hall–Kier alpha value is -0.410. The molecule has 2 N–H and O–H groups in total. The Balaban J connectivity index is 2.60. The summed E-state index contributed by atoms with van der Waals surface area (Å²) in [6, 6.07) is 0.275. The van der Waals surface area contributed by atoms with Crippen LogP contribution < -0.4 is 5.73 Å². The van der Waals surface area contributed by atoms with Gasteiger partial charge in [-0.15, -0.1) is 11.3 Å². The van der Waals surface area contributed by atoms with Crippen LogP contribution in [0.2, 0.25) is 0 Å². The number of thiazole rings is 1. The number of hydrogen-bond acceptors (Lipinski definition) is 3. The van der Waals surface area contributed by atoms with E-state index in [-0.39, 0.29) is 11.5 Å². The van der Waals surface area contributed by atoms with Gasteiger partial charge in [-0.3, -0.25) is 0 Å². The largest absolute Gasteiger partial charge is 0.328 e. The van der Waals surface area contributed by atoms with E-state index in [2.05, 4.69) is 31.1 Å². The lowest BCUT2D eigenvalue weighted by molar-refractivity contribution is 0.569. The van der Waals surface area contributed by atoms with Crippen LogP contribution in [0.25, 0.3) is 0 Å². The van der Waals surface area contributed by atoms with E-state index in [4.69, 9.17) is 5.73 Å². The fourth-order valence-corrected chi connectivity index (χ4v) is 2.16. The van der Waals surface area contributed by atoms with Gasteiger partial charge < -0.3 is 5.73 Å². The number of hydrogen-bond donors (Lipinski definition) is 1. The molecule has 2 nitrogen and oxygen atoms in total. The molecule has 0 saturated heterocycles. The van der Waals surface area contributed by atoms with Gasteiger partial charge in [-0.05, 0) is 13.3 Å². The van der Waals surface area contributed by atoms with Crippen molar-refractivity contribution in [3.05, 3.63) is 16.1 Å². The number of rotatable bonds is 3. The van der Waals surface area contributed by atoms with E-state index in [9.17, 15) is 0 Å². The van der Waals surface area contributed by atoms with Crippen LogP contribution in [-0.2, 0) is 11.8 Å². The highest BCUT2D eigenvalue weighted by molar-refractivity contribution is 7.09. The molecule has 0 aliphatic rings. The van der Waals surface area contributed by atoms with Gasteiger partial charge in [0.05, 0.1) is 10.7 Å². The third kappa shape index (κ3) is 3.39. The van der Waals surface area contributed by atoms with Crippen molar-refractivity contribution in [3.8, 4) is 0 Å². The summed E-state index contributed by atoms with van der Waals surface area (Å²) in [5.74, 6) is 0. The van der Waals surface area contributed by atoms with E-state index in [0.29, 0.717) is 0 Å². The summed E-state index contributed by atoms with van der Waals surface area (Å²) >= 11 is 1.75. The molecule has 0 saturated carbocycles. The van der Waals surface area contributed by atoms with Crippen LogP contribution in [-0.4, -0.2) is 11.0 Å². The molecular formula is C11H20N2S. The second kappa shape index (κ2) is 4.41. The lowest BCUT2D eigenvalue weighted by Crippen LogP contribution is -2.15. The molecule has 1 heterocycles. The van der Waals surface area contributed by atoms with Crippen molar-refractivity contribution in [3.63, 3.8) is 0 Å². The summed E-state index contributed by atoms with van der Waals surface area (Å²) in [7, 11) is 0. The van der Waals surface area contributed by atoms with E-state index >= 15 is 0 Å². The number of aryl methyl sites for hydroxylation is 1. The molecule has 0 amide bonds. The zero-order chi connectivity index (χ0) is 10.8. The molecule has 0 aromatic carbocycles. The maximum Gasteiger partial charge on any atom is 0.0929 e. The molecule has 1 rings (SSSR count). The fraction of sp³-hybridized carbons (Fsp3) is 0.727. The van der Waals surface area contributed by atoms with Crippen molar-refractivity contribution >= 4 is 11.3 Å². The minimum absolute atomic E-state index is 0.170. The lowest BCUT2D eigenvalue weighted by Gasteiger charge is -2.14. The van der Waals surface area contributed by atoms with Crippen LogP contribution in [0.1, 0.15) is 44.8 Å². The Labute approximate surface area is 90.6 Å². The van der Waals surface area contributed by atoms with E-state index in [1.54, 1.807) is 11.3 Å². The maximum atomic E-state index is 5.71. The number of nitrogens with two attached hydrogens (primary N) is 1. The number of nitrogens with zero attached hydrogens (tertiary/aromatic N) is 1. The molecule has 1 aromatic rings. The van der Waals surface area contributed by atoms with Gasteiger partial charge in [0.15, 0.2) is 0 Å². The van der Waals surface area contributed by atoms with Crippen molar-refractivity contribution in [1.82, 2.24) is 4.98 Å². The molecule has 1 unspecified atom stereocenters. The normalized spacial score (nSPS) is 14.4. The molecule has 14 heavy (non-hydrogen) atoms. The third-order valence-corrected chi connectivity index (χ3v) is 3.04. The van der Waals surface area contributed by atoms with Gasteiger partial charge in [0, 0.05) is 23.3 Å². The van der Waals surface area contributed by atoms with Gasteiger partial charge in [0.25, 0.3) is 0 Å². The smallest absolute Gasteiger partial charge is 0.0929 e. The quantitative estimate of drug-likeness (QED) is 0.836. The van der Waals surface area contributed by atoms with Gasteiger partial charge >= 0.3 is 0 Å². The first kappa shape index (κ1) is 11.7. The Bertz CT molecular complexity index is 284. The average Bonchev–Trinajstić information content (AvgIpc) is 2.47. The van der Waals surface area contributed by atoms with Crippen molar-refractivity contribution < 1.29 is 0 Å². The van der Waals surface area contributed by atoms with Crippen molar-refractivity contribution in [2.45, 2.75) is 52.0 Å². The molecule has 3 heteroatoms. The second-order valence-corrected chi connectivity index (χ2v) is 5.84. The SMILES string of the molecule is CC(N)CCc1nc(C(C)(C)C)cs1. The highest BCUT2D eigenvalue weighted by Crippen LogP contribution is 2.24. The van der Waals surface area contributed by atoms with Crippen LogP contribution in [0.5, 0.6) is 0 Å². The Morgan fingerprint density at radius 3 is 2.57 bits per heavy atom. The minimum Gasteiger partial charge on any atom is -0.328 e. The first-order valence-electron chi connectivity index (χ1n) is 5.10. The molecule has 0 spiro atoms. The summed E-state index contributed by atoms with van der Waals surface area (Å²) in [5, 5.41) is 3.38. The standard InChI is InChI=1S/C11H20N2S/c1-8(12)5-6-10-13-9(7-14-10)11(2,3)4/h7-8H,5-6,12H2,1-4H3. The molecule has 0 aliphatic heterocycles. The average molecular weight is 212 g/mol. The lowest BCUT2D eigenvalue weighted by atomic mass is 9.93. The molecule has 80 valence electrons. The molecule has 1 aromatic heterocycles. The first-order valence-corrected chi connectivity index (χ1v) is 5.98. The minimum atomic E-state index is 0.170. The molecule has 1 atom stereocenters. The van der Waals surface area contributed by atoms with Crippen LogP contribution in [0.15, 0.2) is 5.38 Å². The van der Waals surface area contributed by atoms with Gasteiger partial charge in [-0.2, -0.15) is 0 Å². The van der Waals surface area contributed by atoms with E-state index in [1.807, 2.05) is 6.92 Å². The van der Waals surface area contributed by atoms with Crippen LogP contribution in [0.4, 0.5) is 0 Å². The Kier molecular flexibility index (Phi) is 3.67. The predicted molar refractivity (Wildman–Crippen MR) is 62.8 cm³/mol. The molecule has 0 bridgehead atoms. The summed E-state index contributed by atoms with van der Waals surface area (Å²) in [6.07, 6.45) is 2.04. The van der Waals surface area contributed by atoms with Gasteiger partial charge in [0.2, 0.25) is 0 Å². The van der Waals surface area contributed by atoms with E-state index in [0.717, 1.165) is 12.8 Å². The summed E-state index contributed by atoms with van der Waals surface area (Å²) in [5.41, 5.74) is 7.08. The zero-order valence-electron chi connectivity index (χ0n) is 9.50. The van der Waals surface area contributed by atoms with E-state index < -0.39 is 0 Å². The monoisotopic (exact) mass is 212 g/mol. The molecule has 0 aliphatic carbocycles. The van der Waals surface area contributed by atoms with Crippen LogP contribution in [0.3, 0.4) is 0 Å². The highest BCUT2D eigenvalue weighted by Gasteiger charge is 2.17.